The fourth-order valence-electron chi connectivity index (χ4n) is 3.11. The zero-order valence-electron chi connectivity index (χ0n) is 17.0. The lowest BCUT2D eigenvalue weighted by atomic mass is 10.1. The van der Waals surface area contributed by atoms with Crippen molar-refractivity contribution in [1.82, 2.24) is 4.98 Å². The van der Waals surface area contributed by atoms with E-state index >= 15 is 0 Å². The number of nitrogens with zero attached hydrogens (tertiary/aromatic N) is 2. The van der Waals surface area contributed by atoms with E-state index in [1.165, 1.54) is 12.1 Å². The molecule has 0 aliphatic heterocycles. The van der Waals surface area contributed by atoms with Gasteiger partial charge in [-0.25, -0.2) is 9.78 Å². The average molecular weight is 483 g/mol. The molecule has 1 aromatic heterocycles. The number of hydrogen-bond donors (Lipinski definition) is 0. The Morgan fingerprint density at radius 1 is 0.939 bits per heavy atom. The van der Waals surface area contributed by atoms with Crippen LogP contribution >= 0.6 is 23.2 Å². The molecule has 0 amide bonds. The topological polar surface area (TPSA) is 92.4 Å². The number of para-hydroxylation sites is 1. The summed E-state index contributed by atoms with van der Waals surface area (Å²) < 4.78 is 11.0. The molecule has 0 atom stereocenters. The fourth-order valence-corrected chi connectivity index (χ4v) is 3.43. The highest BCUT2D eigenvalue weighted by Crippen LogP contribution is 2.26. The minimum atomic E-state index is -0.689. The number of esters is 1. The molecule has 4 rings (SSSR count). The third-order valence-electron chi connectivity index (χ3n) is 4.69. The lowest BCUT2D eigenvalue weighted by Gasteiger charge is -2.12. The molecular formula is C24H16Cl2N2O5. The Kier molecular flexibility index (Phi) is 6.72. The van der Waals surface area contributed by atoms with Crippen molar-refractivity contribution in [1.29, 1.82) is 0 Å². The maximum atomic E-state index is 13.2. The van der Waals surface area contributed by atoms with Crippen LogP contribution in [0.25, 0.3) is 11.0 Å². The van der Waals surface area contributed by atoms with Crippen molar-refractivity contribution in [3.05, 3.63) is 105 Å². The maximum Gasteiger partial charge on any atom is 0.344 e. The maximum absolute atomic E-state index is 13.2. The number of halogens is 2. The zero-order valence-corrected chi connectivity index (χ0v) is 18.5. The van der Waals surface area contributed by atoms with Crippen LogP contribution in [0.1, 0.15) is 21.7 Å². The van der Waals surface area contributed by atoms with E-state index in [-0.39, 0.29) is 44.6 Å². The smallest absolute Gasteiger partial charge is 0.344 e. The lowest BCUT2D eigenvalue weighted by molar-refractivity contribution is -0.580. The highest BCUT2D eigenvalue weighted by molar-refractivity contribution is 6.42. The SMILES string of the molecule is O=C(COc1ccccc1)OCc1nc2cc(Cl)c(Cl)cc2[n+]([O-])c1C(=O)c1ccccc1. The molecule has 4 aromatic rings. The summed E-state index contributed by atoms with van der Waals surface area (Å²) in [7, 11) is 0. The van der Waals surface area contributed by atoms with Gasteiger partial charge < -0.3 is 14.7 Å². The molecule has 0 N–H and O–H groups in total. The molecule has 0 aliphatic rings. The van der Waals surface area contributed by atoms with Crippen LogP contribution in [0, 0.1) is 5.21 Å². The van der Waals surface area contributed by atoms with Crippen molar-refractivity contribution in [3.63, 3.8) is 0 Å². The molecule has 0 aliphatic carbocycles. The molecule has 0 spiro atoms. The second-order valence-corrected chi connectivity index (χ2v) is 7.73. The Bertz CT molecular complexity index is 1330. The van der Waals surface area contributed by atoms with Crippen LogP contribution in [0.4, 0.5) is 0 Å². The quantitative estimate of drug-likeness (QED) is 0.166. The summed E-state index contributed by atoms with van der Waals surface area (Å²) in [5.74, 6) is -0.759. The lowest BCUT2D eigenvalue weighted by Crippen LogP contribution is -2.38. The highest BCUT2D eigenvalue weighted by Gasteiger charge is 2.28. The second-order valence-electron chi connectivity index (χ2n) is 6.91. The number of benzene rings is 3. The van der Waals surface area contributed by atoms with Gasteiger partial charge in [0.2, 0.25) is 5.52 Å². The molecule has 0 saturated carbocycles. The first-order chi connectivity index (χ1) is 15.9. The van der Waals surface area contributed by atoms with Crippen molar-refractivity contribution in [2.24, 2.45) is 0 Å². The van der Waals surface area contributed by atoms with E-state index in [1.54, 1.807) is 54.6 Å². The van der Waals surface area contributed by atoms with Crippen LogP contribution in [0.5, 0.6) is 5.75 Å². The van der Waals surface area contributed by atoms with Gasteiger partial charge in [-0.3, -0.25) is 4.79 Å². The van der Waals surface area contributed by atoms with Crippen LogP contribution in [0.15, 0.2) is 72.8 Å². The normalized spacial score (nSPS) is 10.7. The summed E-state index contributed by atoms with van der Waals surface area (Å²) in [5.41, 5.74) is 0.256. The third-order valence-corrected chi connectivity index (χ3v) is 5.41. The summed E-state index contributed by atoms with van der Waals surface area (Å²) in [6.45, 7) is -0.762. The molecule has 33 heavy (non-hydrogen) atoms. The monoisotopic (exact) mass is 482 g/mol. The van der Waals surface area contributed by atoms with Crippen LogP contribution in [0.3, 0.4) is 0 Å². The van der Waals surface area contributed by atoms with Crippen LogP contribution in [-0.2, 0) is 16.1 Å². The van der Waals surface area contributed by atoms with E-state index in [2.05, 4.69) is 4.98 Å². The van der Waals surface area contributed by atoms with Gasteiger partial charge in [-0.2, -0.15) is 4.73 Å². The van der Waals surface area contributed by atoms with Gasteiger partial charge in [-0.1, -0.05) is 71.7 Å². The molecule has 0 unspecified atom stereocenters. The predicted octanol–water partition coefficient (Wildman–Crippen LogP) is 4.53. The van der Waals surface area contributed by atoms with Crippen LogP contribution < -0.4 is 9.47 Å². The molecule has 0 fully saturated rings. The number of aromatic nitrogens is 2. The molecule has 166 valence electrons. The van der Waals surface area contributed by atoms with E-state index < -0.39 is 18.4 Å². The molecule has 7 nitrogen and oxygen atoms in total. The Morgan fingerprint density at radius 3 is 2.27 bits per heavy atom. The molecule has 0 radical (unpaired) electrons. The summed E-state index contributed by atoms with van der Waals surface area (Å²) in [5, 5.41) is 13.5. The predicted molar refractivity (Wildman–Crippen MR) is 122 cm³/mol. The first-order valence-electron chi connectivity index (χ1n) is 9.78. The van der Waals surface area contributed by atoms with Crippen molar-refractivity contribution in [3.8, 4) is 5.75 Å². The van der Waals surface area contributed by atoms with Gasteiger partial charge in [0.15, 0.2) is 12.3 Å². The van der Waals surface area contributed by atoms with Gasteiger partial charge in [0.25, 0.3) is 11.5 Å². The number of rotatable bonds is 7. The zero-order chi connectivity index (χ0) is 23.4. The fraction of sp³-hybridized carbons (Fsp3) is 0.0833. The Balaban J connectivity index is 1.65. The molecule has 3 aromatic carbocycles. The van der Waals surface area contributed by atoms with Gasteiger partial charge >= 0.3 is 5.97 Å². The van der Waals surface area contributed by atoms with Crippen molar-refractivity contribution in [2.75, 3.05) is 6.61 Å². The number of ketones is 1. The first kappa shape index (κ1) is 22.5. The largest absolute Gasteiger partial charge is 0.618 e. The Hall–Kier alpha value is -3.68. The average Bonchev–Trinajstić information content (AvgIpc) is 2.83. The third kappa shape index (κ3) is 5.05. The molecule has 1 heterocycles. The van der Waals surface area contributed by atoms with E-state index in [1.807, 2.05) is 6.07 Å². The summed E-state index contributed by atoms with van der Waals surface area (Å²) in [6, 6.07) is 19.7. The van der Waals surface area contributed by atoms with Gasteiger partial charge in [-0.15, -0.1) is 0 Å². The molecule has 0 saturated heterocycles. The van der Waals surface area contributed by atoms with Gasteiger partial charge in [0.1, 0.15) is 17.9 Å². The van der Waals surface area contributed by atoms with E-state index in [4.69, 9.17) is 32.7 Å². The van der Waals surface area contributed by atoms with Crippen molar-refractivity contribution in [2.45, 2.75) is 6.61 Å². The van der Waals surface area contributed by atoms with E-state index in [0.717, 1.165) is 0 Å². The van der Waals surface area contributed by atoms with Crippen LogP contribution in [0.2, 0.25) is 10.0 Å². The number of carbonyl (C=O) groups is 2. The van der Waals surface area contributed by atoms with Gasteiger partial charge in [-0.05, 0) is 18.2 Å². The Labute approximate surface area is 198 Å². The van der Waals surface area contributed by atoms with Crippen molar-refractivity contribution >= 4 is 46.0 Å². The number of ether oxygens (including phenoxy) is 2. The minimum Gasteiger partial charge on any atom is -0.618 e. The van der Waals surface area contributed by atoms with E-state index in [0.29, 0.717) is 10.5 Å². The number of fused-ring (bicyclic) bond motifs is 1. The van der Waals surface area contributed by atoms with Crippen LogP contribution in [-0.4, -0.2) is 23.3 Å². The van der Waals surface area contributed by atoms with Gasteiger partial charge in [0.05, 0.1) is 10.0 Å². The molecule has 9 heteroatoms. The molecular weight excluding hydrogens is 467 g/mol. The summed E-state index contributed by atoms with van der Waals surface area (Å²) in [6.07, 6.45) is 0. The highest BCUT2D eigenvalue weighted by atomic mass is 35.5. The number of carbonyl (C=O) groups excluding carboxylic acids is 2. The summed E-state index contributed by atoms with van der Waals surface area (Å²) >= 11 is 12.1. The standard InChI is InChI=1S/C24H16Cl2N2O5/c25-17-11-19-21(12-18(17)26)28(31)23(24(30)15-7-3-1-4-8-15)20(27-19)13-33-22(29)14-32-16-9-5-2-6-10-16/h1-12H,13-14H2. The number of hydrogen-bond acceptors (Lipinski definition) is 6. The first-order valence-corrected chi connectivity index (χ1v) is 10.5. The minimum absolute atomic E-state index is 0.0159. The van der Waals surface area contributed by atoms with Gasteiger partial charge in [0, 0.05) is 11.6 Å². The Morgan fingerprint density at radius 2 is 1.58 bits per heavy atom. The summed E-state index contributed by atoms with van der Waals surface area (Å²) in [4.78, 5) is 29.7. The van der Waals surface area contributed by atoms with E-state index in [9.17, 15) is 14.8 Å². The van der Waals surface area contributed by atoms with Crippen molar-refractivity contribution < 1.29 is 23.8 Å². The second kappa shape index (κ2) is 9.85. The molecule has 0 bridgehead atoms.